The normalized spacial score (nSPS) is 18.3. The zero-order valence-corrected chi connectivity index (χ0v) is 10.1. The molecule has 0 heterocycles. The maximum Gasteiger partial charge on any atom is 0.323 e. The molecule has 0 spiro atoms. The molecule has 1 rings (SSSR count). The fraction of sp³-hybridized carbons (Fsp3) is 0.900. The van der Waals surface area contributed by atoms with Gasteiger partial charge in [-0.2, -0.15) is 0 Å². The summed E-state index contributed by atoms with van der Waals surface area (Å²) in [7, 11) is 0. The van der Waals surface area contributed by atoms with E-state index in [2.05, 4.69) is 5.32 Å². The monoisotopic (exact) mass is 221 g/mol. The van der Waals surface area contributed by atoms with E-state index in [4.69, 9.17) is 4.74 Å². The highest BCUT2D eigenvalue weighted by Gasteiger charge is 2.28. The summed E-state index contributed by atoms with van der Waals surface area (Å²) in [5.74, 6) is -0.153. The molecule has 4 heteroatoms. The summed E-state index contributed by atoms with van der Waals surface area (Å²) in [5, 5.41) is 3.20. The summed E-state index contributed by atoms with van der Waals surface area (Å²) < 4.78 is 5.23. The number of hydrogen-bond donors (Lipinski definition) is 1. The van der Waals surface area contributed by atoms with Gasteiger partial charge in [0.1, 0.15) is 11.6 Å². The lowest BCUT2D eigenvalue weighted by molar-refractivity contribution is -0.157. The van der Waals surface area contributed by atoms with Gasteiger partial charge in [0.05, 0.1) is 0 Å². The van der Waals surface area contributed by atoms with Crippen molar-refractivity contribution in [3.8, 4) is 0 Å². The van der Waals surface area contributed by atoms with E-state index in [1.54, 1.807) is 0 Å². The molecule has 0 aliphatic heterocycles. The van der Waals surface area contributed by atoms with Crippen LogP contribution in [-0.4, -0.2) is 23.7 Å². The van der Waals surface area contributed by atoms with Gasteiger partial charge in [0.2, 0.25) is 0 Å². The minimum Gasteiger partial charge on any atom is -0.459 e. The van der Waals surface area contributed by atoms with Crippen LogP contribution in [0.4, 0.5) is 0 Å². The van der Waals surface area contributed by atoms with Crippen molar-refractivity contribution in [2.24, 2.45) is 0 Å². The van der Waals surface area contributed by atoms with Crippen LogP contribution >= 0.6 is 12.4 Å². The van der Waals surface area contributed by atoms with Gasteiger partial charge in [-0.3, -0.25) is 4.79 Å². The molecule has 1 atom stereocenters. The molecule has 3 nitrogen and oxygen atoms in total. The lowest BCUT2D eigenvalue weighted by atomic mass is 10.2. The molecule has 0 unspecified atom stereocenters. The van der Waals surface area contributed by atoms with Gasteiger partial charge < -0.3 is 10.1 Å². The summed E-state index contributed by atoms with van der Waals surface area (Å²) in [6.07, 6.45) is 2.38. The summed E-state index contributed by atoms with van der Waals surface area (Å²) in [4.78, 5) is 11.4. The number of halogens is 1. The van der Waals surface area contributed by atoms with Crippen molar-refractivity contribution in [3.63, 3.8) is 0 Å². The molecule has 84 valence electrons. The van der Waals surface area contributed by atoms with Crippen LogP contribution in [0, 0.1) is 0 Å². The van der Waals surface area contributed by atoms with Crippen LogP contribution < -0.4 is 5.32 Å². The summed E-state index contributed by atoms with van der Waals surface area (Å²) in [5.41, 5.74) is -0.378. The van der Waals surface area contributed by atoms with Gasteiger partial charge in [-0.05, 0) is 40.5 Å². The molecular weight excluding hydrogens is 202 g/mol. The highest BCUT2D eigenvalue weighted by atomic mass is 35.5. The number of esters is 1. The van der Waals surface area contributed by atoms with E-state index in [1.807, 2.05) is 27.7 Å². The first-order valence-electron chi connectivity index (χ1n) is 4.87. The van der Waals surface area contributed by atoms with E-state index >= 15 is 0 Å². The van der Waals surface area contributed by atoms with Gasteiger partial charge in [-0.15, -0.1) is 12.4 Å². The number of nitrogens with one attached hydrogen (secondary N) is 1. The Bertz CT molecular complexity index is 197. The van der Waals surface area contributed by atoms with Crippen molar-refractivity contribution in [2.75, 3.05) is 0 Å². The third-order valence-corrected chi connectivity index (χ3v) is 1.82. The van der Waals surface area contributed by atoms with E-state index < -0.39 is 0 Å². The second-order valence-corrected chi connectivity index (χ2v) is 4.70. The van der Waals surface area contributed by atoms with Gasteiger partial charge in [-0.1, -0.05) is 0 Å². The molecule has 1 fully saturated rings. The molecule has 1 aliphatic rings. The second-order valence-electron chi connectivity index (χ2n) is 4.70. The molecule has 14 heavy (non-hydrogen) atoms. The van der Waals surface area contributed by atoms with Crippen molar-refractivity contribution in [1.29, 1.82) is 0 Å². The maximum absolute atomic E-state index is 11.4. The van der Waals surface area contributed by atoms with Gasteiger partial charge >= 0.3 is 5.97 Å². The lowest BCUT2D eigenvalue weighted by Crippen LogP contribution is -2.40. The first-order valence-corrected chi connectivity index (χ1v) is 4.87. The predicted molar refractivity (Wildman–Crippen MR) is 58.7 cm³/mol. The molecule has 0 amide bonds. The first-order chi connectivity index (χ1) is 5.88. The zero-order valence-electron chi connectivity index (χ0n) is 9.29. The number of ether oxygens (including phenoxy) is 1. The Morgan fingerprint density at radius 3 is 2.29 bits per heavy atom. The number of carbonyl (C=O) groups is 1. The van der Waals surface area contributed by atoms with Gasteiger partial charge in [0.15, 0.2) is 0 Å². The van der Waals surface area contributed by atoms with E-state index in [0.29, 0.717) is 6.04 Å². The van der Waals surface area contributed by atoms with Crippen LogP contribution in [0.5, 0.6) is 0 Å². The Labute approximate surface area is 92.0 Å². The first kappa shape index (κ1) is 13.7. The Hall–Kier alpha value is -0.280. The third-order valence-electron chi connectivity index (χ3n) is 1.82. The average Bonchev–Trinajstić information content (AvgIpc) is 2.67. The van der Waals surface area contributed by atoms with Crippen molar-refractivity contribution < 1.29 is 9.53 Å². The highest BCUT2D eigenvalue weighted by Crippen LogP contribution is 2.20. The van der Waals surface area contributed by atoms with E-state index in [9.17, 15) is 4.79 Å². The van der Waals surface area contributed by atoms with Gasteiger partial charge in [0, 0.05) is 6.04 Å². The molecule has 0 radical (unpaired) electrons. The zero-order chi connectivity index (χ0) is 10.1. The number of carbonyl (C=O) groups excluding carboxylic acids is 1. The molecule has 0 aromatic rings. The fourth-order valence-electron chi connectivity index (χ4n) is 1.06. The SMILES string of the molecule is C[C@H](NC1CC1)C(=O)OC(C)(C)C.Cl. The Morgan fingerprint density at radius 2 is 1.93 bits per heavy atom. The van der Waals surface area contributed by atoms with Crippen LogP contribution in [-0.2, 0) is 9.53 Å². The van der Waals surface area contributed by atoms with Gasteiger partial charge in [0.25, 0.3) is 0 Å². The summed E-state index contributed by atoms with van der Waals surface area (Å²) in [6.45, 7) is 7.50. The van der Waals surface area contributed by atoms with Crippen LogP contribution in [0.1, 0.15) is 40.5 Å². The standard InChI is InChI=1S/C10H19NO2.ClH/c1-7(11-8-5-6-8)9(12)13-10(2,3)4;/h7-8,11H,5-6H2,1-4H3;1H/t7-;/m0./s1. The van der Waals surface area contributed by atoms with Crippen LogP contribution in [0.25, 0.3) is 0 Å². The fourth-order valence-corrected chi connectivity index (χ4v) is 1.06. The summed E-state index contributed by atoms with van der Waals surface area (Å²) >= 11 is 0. The van der Waals surface area contributed by atoms with E-state index in [-0.39, 0.29) is 30.0 Å². The topological polar surface area (TPSA) is 38.3 Å². The molecule has 1 saturated carbocycles. The highest BCUT2D eigenvalue weighted by molar-refractivity contribution is 5.85. The van der Waals surface area contributed by atoms with Crippen molar-refractivity contribution in [1.82, 2.24) is 5.32 Å². The van der Waals surface area contributed by atoms with E-state index in [1.165, 1.54) is 12.8 Å². The van der Waals surface area contributed by atoms with E-state index in [0.717, 1.165) is 0 Å². The molecule has 0 aromatic carbocycles. The Balaban J connectivity index is 0.00000169. The Kier molecular flexibility index (Phi) is 4.89. The molecule has 0 aromatic heterocycles. The molecule has 1 aliphatic carbocycles. The largest absolute Gasteiger partial charge is 0.459 e. The molecule has 0 bridgehead atoms. The minimum atomic E-state index is -0.378. The number of rotatable bonds is 3. The maximum atomic E-state index is 11.4. The average molecular weight is 222 g/mol. The number of hydrogen-bond acceptors (Lipinski definition) is 3. The smallest absolute Gasteiger partial charge is 0.323 e. The van der Waals surface area contributed by atoms with Crippen molar-refractivity contribution >= 4 is 18.4 Å². The quantitative estimate of drug-likeness (QED) is 0.740. The van der Waals surface area contributed by atoms with Crippen molar-refractivity contribution in [3.05, 3.63) is 0 Å². The molecular formula is C10H20ClNO2. The minimum absolute atomic E-state index is 0. The molecule has 1 N–H and O–H groups in total. The Morgan fingerprint density at radius 1 is 1.43 bits per heavy atom. The lowest BCUT2D eigenvalue weighted by Gasteiger charge is -2.22. The second kappa shape index (κ2) is 4.99. The van der Waals surface area contributed by atoms with Crippen LogP contribution in [0.2, 0.25) is 0 Å². The van der Waals surface area contributed by atoms with Gasteiger partial charge in [-0.25, -0.2) is 0 Å². The van der Waals surface area contributed by atoms with Crippen molar-refractivity contribution in [2.45, 2.75) is 58.2 Å². The third kappa shape index (κ3) is 5.45. The molecule has 0 saturated heterocycles. The predicted octanol–water partition coefficient (Wildman–Crippen LogP) is 1.89. The summed E-state index contributed by atoms with van der Waals surface area (Å²) in [6, 6.07) is 0.370. The van der Waals surface area contributed by atoms with Crippen LogP contribution in [0.15, 0.2) is 0 Å². The van der Waals surface area contributed by atoms with Crippen LogP contribution in [0.3, 0.4) is 0 Å².